The molecule has 3 nitrogen and oxygen atoms in total. The molecule has 1 aliphatic carbocycles. The van der Waals surface area contributed by atoms with Gasteiger partial charge in [-0.15, -0.1) is 0 Å². The summed E-state index contributed by atoms with van der Waals surface area (Å²) in [6.45, 7) is 6.87. The van der Waals surface area contributed by atoms with Crippen molar-refractivity contribution in [2.75, 3.05) is 6.54 Å². The highest BCUT2D eigenvalue weighted by molar-refractivity contribution is 5.82. The first kappa shape index (κ1) is 14.8. The van der Waals surface area contributed by atoms with E-state index in [-0.39, 0.29) is 23.5 Å². The van der Waals surface area contributed by atoms with Crippen LogP contribution in [0.1, 0.15) is 65.7 Å². The van der Waals surface area contributed by atoms with Crippen LogP contribution in [0.4, 0.5) is 0 Å². The minimum atomic E-state index is -0.310. The number of aliphatic hydroxyl groups is 1. The maximum absolute atomic E-state index is 12.6. The molecule has 1 saturated heterocycles. The Bertz CT molecular complexity index is 321. The third-order valence-corrected chi connectivity index (χ3v) is 4.73. The summed E-state index contributed by atoms with van der Waals surface area (Å²) in [6, 6.07) is 0.274. The Morgan fingerprint density at radius 3 is 2.32 bits per heavy atom. The Balaban J connectivity index is 2.13. The largest absolute Gasteiger partial charge is 0.393 e. The highest BCUT2D eigenvalue weighted by atomic mass is 16.3. The number of rotatable bonds is 1. The molecule has 3 atom stereocenters. The summed E-state index contributed by atoms with van der Waals surface area (Å²) in [7, 11) is 0. The van der Waals surface area contributed by atoms with E-state index >= 15 is 0 Å². The average Bonchev–Trinajstić information content (AvgIpc) is 2.37. The van der Waals surface area contributed by atoms with Crippen LogP contribution in [0.15, 0.2) is 0 Å². The van der Waals surface area contributed by atoms with Crippen molar-refractivity contribution in [1.29, 1.82) is 0 Å². The van der Waals surface area contributed by atoms with Crippen LogP contribution >= 0.6 is 0 Å². The molecule has 110 valence electrons. The molecule has 1 aliphatic heterocycles. The van der Waals surface area contributed by atoms with E-state index in [0.717, 1.165) is 38.6 Å². The first-order valence-corrected chi connectivity index (χ1v) is 7.90. The maximum Gasteiger partial charge on any atom is 0.228 e. The zero-order chi connectivity index (χ0) is 14.0. The molecule has 1 saturated carbocycles. The monoisotopic (exact) mass is 267 g/mol. The van der Waals surface area contributed by atoms with Gasteiger partial charge in [-0.3, -0.25) is 4.79 Å². The summed E-state index contributed by atoms with van der Waals surface area (Å²) >= 11 is 0. The minimum absolute atomic E-state index is 0.202. The van der Waals surface area contributed by atoms with Crippen molar-refractivity contribution in [3.05, 3.63) is 0 Å². The molecule has 2 rings (SSSR count). The Kier molecular flexibility index (Phi) is 4.54. The molecule has 0 bridgehead atoms. The van der Waals surface area contributed by atoms with E-state index in [1.54, 1.807) is 0 Å². The topological polar surface area (TPSA) is 40.5 Å². The number of piperidine rings is 1. The van der Waals surface area contributed by atoms with Gasteiger partial charge in [0.15, 0.2) is 0 Å². The molecule has 19 heavy (non-hydrogen) atoms. The summed E-state index contributed by atoms with van der Waals surface area (Å²) in [5, 5.41) is 10.3. The third-order valence-electron chi connectivity index (χ3n) is 4.73. The summed E-state index contributed by atoms with van der Waals surface area (Å²) in [4.78, 5) is 14.7. The zero-order valence-corrected chi connectivity index (χ0v) is 12.7. The number of nitrogens with zero attached hydrogens (tertiary/aromatic N) is 1. The predicted molar refractivity (Wildman–Crippen MR) is 76.8 cm³/mol. The smallest absolute Gasteiger partial charge is 0.228 e. The molecule has 3 heteroatoms. The van der Waals surface area contributed by atoms with E-state index in [4.69, 9.17) is 0 Å². The van der Waals surface area contributed by atoms with Crippen LogP contribution in [0.3, 0.4) is 0 Å². The Labute approximate surface area is 117 Å². The van der Waals surface area contributed by atoms with Crippen LogP contribution < -0.4 is 0 Å². The van der Waals surface area contributed by atoms with Gasteiger partial charge in [0.2, 0.25) is 5.91 Å². The first-order valence-electron chi connectivity index (χ1n) is 7.90. The van der Waals surface area contributed by atoms with Gasteiger partial charge >= 0.3 is 0 Å². The standard InChI is InChI=1S/C16H29NO2/c1-16(2,3)15(19)17-11-7-6-9-13(17)12-8-4-5-10-14(12)18/h12-14,18H,4-11H2,1-3H3. The molecule has 0 aromatic carbocycles. The second-order valence-electron chi connectivity index (χ2n) is 7.33. The molecule has 2 aliphatic rings. The van der Waals surface area contributed by atoms with E-state index in [1.807, 2.05) is 20.8 Å². The van der Waals surface area contributed by atoms with Crippen molar-refractivity contribution in [2.24, 2.45) is 11.3 Å². The van der Waals surface area contributed by atoms with Gasteiger partial charge in [-0.05, 0) is 32.1 Å². The van der Waals surface area contributed by atoms with Crippen molar-refractivity contribution in [3.8, 4) is 0 Å². The maximum atomic E-state index is 12.6. The quantitative estimate of drug-likeness (QED) is 0.793. The van der Waals surface area contributed by atoms with Crippen molar-refractivity contribution < 1.29 is 9.90 Å². The normalized spacial score (nSPS) is 33.3. The molecule has 3 unspecified atom stereocenters. The average molecular weight is 267 g/mol. The molecule has 0 radical (unpaired) electrons. The van der Waals surface area contributed by atoms with Crippen LogP contribution in [0.2, 0.25) is 0 Å². The summed E-state index contributed by atoms with van der Waals surface area (Å²) in [5.74, 6) is 0.565. The second kappa shape index (κ2) is 5.82. The SMILES string of the molecule is CC(C)(C)C(=O)N1CCCCC1C1CCCCC1O. The van der Waals surface area contributed by atoms with Crippen molar-refractivity contribution in [3.63, 3.8) is 0 Å². The number of aliphatic hydroxyl groups excluding tert-OH is 1. The van der Waals surface area contributed by atoms with Crippen LogP contribution in [-0.2, 0) is 4.79 Å². The fourth-order valence-electron chi connectivity index (χ4n) is 3.67. The zero-order valence-electron chi connectivity index (χ0n) is 12.7. The highest BCUT2D eigenvalue weighted by Gasteiger charge is 2.40. The Morgan fingerprint density at radius 2 is 1.68 bits per heavy atom. The lowest BCUT2D eigenvalue weighted by molar-refractivity contribution is -0.146. The molecule has 1 heterocycles. The van der Waals surface area contributed by atoms with Gasteiger partial charge in [0, 0.05) is 23.9 Å². The third kappa shape index (κ3) is 3.31. The summed E-state index contributed by atoms with van der Waals surface area (Å²) in [5.41, 5.74) is -0.310. The van der Waals surface area contributed by atoms with Gasteiger partial charge in [0.1, 0.15) is 0 Å². The van der Waals surface area contributed by atoms with E-state index in [0.29, 0.717) is 5.92 Å². The second-order valence-corrected chi connectivity index (χ2v) is 7.33. The van der Waals surface area contributed by atoms with Crippen molar-refractivity contribution >= 4 is 5.91 Å². The molecule has 0 aromatic rings. The Hall–Kier alpha value is -0.570. The van der Waals surface area contributed by atoms with Gasteiger partial charge < -0.3 is 10.0 Å². The summed E-state index contributed by atoms with van der Waals surface area (Å²) < 4.78 is 0. The Morgan fingerprint density at radius 1 is 1.05 bits per heavy atom. The van der Waals surface area contributed by atoms with Gasteiger partial charge in [-0.25, -0.2) is 0 Å². The molecular weight excluding hydrogens is 238 g/mol. The number of carbonyl (C=O) groups is 1. The van der Waals surface area contributed by atoms with Crippen LogP contribution in [0.5, 0.6) is 0 Å². The van der Waals surface area contributed by atoms with Crippen LogP contribution in [0.25, 0.3) is 0 Å². The fourth-order valence-corrected chi connectivity index (χ4v) is 3.67. The molecule has 2 fully saturated rings. The van der Waals surface area contributed by atoms with E-state index < -0.39 is 0 Å². The number of amides is 1. The van der Waals surface area contributed by atoms with Gasteiger partial charge in [-0.1, -0.05) is 33.6 Å². The highest BCUT2D eigenvalue weighted by Crippen LogP contribution is 2.35. The molecule has 0 aromatic heterocycles. The lowest BCUT2D eigenvalue weighted by Crippen LogP contribution is -2.54. The number of hydrogen-bond donors (Lipinski definition) is 1. The number of likely N-dealkylation sites (tertiary alicyclic amines) is 1. The van der Waals surface area contributed by atoms with E-state index in [1.165, 1.54) is 12.8 Å². The fraction of sp³-hybridized carbons (Fsp3) is 0.938. The first-order chi connectivity index (χ1) is 8.91. The molecule has 1 N–H and O–H groups in total. The van der Waals surface area contributed by atoms with Gasteiger partial charge in [0.05, 0.1) is 6.10 Å². The number of hydrogen-bond acceptors (Lipinski definition) is 2. The van der Waals surface area contributed by atoms with Gasteiger partial charge in [-0.2, -0.15) is 0 Å². The molecular formula is C16H29NO2. The lowest BCUT2D eigenvalue weighted by Gasteiger charge is -2.45. The molecule has 1 amide bonds. The predicted octanol–water partition coefficient (Wildman–Crippen LogP) is 2.96. The van der Waals surface area contributed by atoms with E-state index in [2.05, 4.69) is 4.90 Å². The summed E-state index contributed by atoms with van der Waals surface area (Å²) in [6.07, 6.45) is 7.52. The lowest BCUT2D eigenvalue weighted by atomic mass is 9.77. The number of carbonyl (C=O) groups excluding carboxylic acids is 1. The minimum Gasteiger partial charge on any atom is -0.393 e. The van der Waals surface area contributed by atoms with E-state index in [9.17, 15) is 9.90 Å². The van der Waals surface area contributed by atoms with Crippen molar-refractivity contribution in [2.45, 2.75) is 77.9 Å². The van der Waals surface area contributed by atoms with Crippen LogP contribution in [-0.4, -0.2) is 34.6 Å². The van der Waals surface area contributed by atoms with Gasteiger partial charge in [0.25, 0.3) is 0 Å². The molecule has 0 spiro atoms. The van der Waals surface area contributed by atoms with Crippen LogP contribution in [0, 0.1) is 11.3 Å². The van der Waals surface area contributed by atoms with Crippen molar-refractivity contribution in [1.82, 2.24) is 4.90 Å².